The summed E-state index contributed by atoms with van der Waals surface area (Å²) in [6, 6.07) is 10.3. The van der Waals surface area contributed by atoms with Crippen LogP contribution in [0.15, 0.2) is 53.5 Å². The second kappa shape index (κ2) is 9.32. The van der Waals surface area contributed by atoms with Crippen LogP contribution in [0.4, 0.5) is 5.13 Å². The molecule has 1 aromatic carbocycles. The van der Waals surface area contributed by atoms with Gasteiger partial charge in [0.15, 0.2) is 5.13 Å². The highest BCUT2D eigenvalue weighted by Crippen LogP contribution is 2.32. The number of carbonyl (C=O) groups is 1. The molecule has 0 bridgehead atoms. The van der Waals surface area contributed by atoms with E-state index in [0.717, 1.165) is 24.1 Å². The van der Waals surface area contributed by atoms with Crippen LogP contribution in [0.25, 0.3) is 11.3 Å². The summed E-state index contributed by atoms with van der Waals surface area (Å²) < 4.78 is 1.87. The highest BCUT2D eigenvalue weighted by atomic mass is 32.2. The second-order valence-electron chi connectivity index (χ2n) is 6.81. The Hall–Kier alpha value is -2.52. The first-order chi connectivity index (χ1) is 14.3. The van der Waals surface area contributed by atoms with Crippen LogP contribution < -0.4 is 4.90 Å². The standard InChI is InChI=1S/C20H22N6OS2/c1-2-12-25(19-21-17(13-28-19)15-8-4-3-5-9-15)18(27)14-29-20-22-23-24-26(20)16-10-6-7-11-16/h2-5,8-9,13,16H,1,6-7,10-12,14H2. The number of nitrogens with zero attached hydrogens (tertiary/aromatic N) is 6. The maximum Gasteiger partial charge on any atom is 0.239 e. The highest BCUT2D eigenvalue weighted by Gasteiger charge is 2.24. The Morgan fingerprint density at radius 1 is 1.31 bits per heavy atom. The van der Waals surface area contributed by atoms with Crippen molar-refractivity contribution in [1.29, 1.82) is 0 Å². The van der Waals surface area contributed by atoms with Crippen molar-refractivity contribution in [2.24, 2.45) is 0 Å². The van der Waals surface area contributed by atoms with Crippen molar-refractivity contribution in [3.8, 4) is 11.3 Å². The van der Waals surface area contributed by atoms with E-state index >= 15 is 0 Å². The Morgan fingerprint density at radius 3 is 2.86 bits per heavy atom. The number of amides is 1. The number of hydrogen-bond acceptors (Lipinski definition) is 7. The molecule has 1 aliphatic carbocycles. The van der Waals surface area contributed by atoms with Gasteiger partial charge in [-0.3, -0.25) is 9.69 Å². The lowest BCUT2D eigenvalue weighted by molar-refractivity contribution is -0.116. The minimum absolute atomic E-state index is 0.0372. The van der Waals surface area contributed by atoms with Gasteiger partial charge in [-0.05, 0) is 23.3 Å². The van der Waals surface area contributed by atoms with Crippen molar-refractivity contribution in [3.63, 3.8) is 0 Å². The molecule has 0 spiro atoms. The summed E-state index contributed by atoms with van der Waals surface area (Å²) in [5.41, 5.74) is 1.90. The quantitative estimate of drug-likeness (QED) is 0.396. The van der Waals surface area contributed by atoms with Gasteiger partial charge >= 0.3 is 0 Å². The molecule has 1 saturated carbocycles. The Morgan fingerprint density at radius 2 is 2.10 bits per heavy atom. The van der Waals surface area contributed by atoms with Gasteiger partial charge in [-0.25, -0.2) is 9.67 Å². The predicted octanol–water partition coefficient (Wildman–Crippen LogP) is 4.22. The summed E-state index contributed by atoms with van der Waals surface area (Å²) in [6.07, 6.45) is 6.31. The SMILES string of the molecule is C=CCN(C(=O)CSc1nnnn1C1CCCC1)c1nc(-c2ccccc2)cs1. The van der Waals surface area contributed by atoms with Crippen molar-refractivity contribution in [3.05, 3.63) is 48.4 Å². The lowest BCUT2D eigenvalue weighted by Gasteiger charge is -2.18. The number of aromatic nitrogens is 5. The Balaban J connectivity index is 1.45. The first kappa shape index (κ1) is 19.8. The molecule has 0 radical (unpaired) electrons. The molecule has 9 heteroatoms. The van der Waals surface area contributed by atoms with Gasteiger partial charge < -0.3 is 0 Å². The molecule has 0 unspecified atom stereocenters. The number of anilines is 1. The first-order valence-electron chi connectivity index (χ1n) is 9.59. The van der Waals surface area contributed by atoms with Gasteiger partial charge in [0.2, 0.25) is 11.1 Å². The summed E-state index contributed by atoms with van der Waals surface area (Å²) in [5.74, 6) is 0.214. The molecule has 2 aromatic heterocycles. The number of benzene rings is 1. The van der Waals surface area contributed by atoms with E-state index in [4.69, 9.17) is 0 Å². The fourth-order valence-electron chi connectivity index (χ4n) is 3.41. The van der Waals surface area contributed by atoms with E-state index in [1.165, 1.54) is 35.9 Å². The molecular weight excluding hydrogens is 404 g/mol. The van der Waals surface area contributed by atoms with Crippen molar-refractivity contribution in [2.45, 2.75) is 36.9 Å². The molecule has 0 atom stereocenters. The van der Waals surface area contributed by atoms with E-state index in [2.05, 4.69) is 27.1 Å². The van der Waals surface area contributed by atoms with Crippen LogP contribution in [0.5, 0.6) is 0 Å². The zero-order chi connectivity index (χ0) is 20.1. The molecule has 1 amide bonds. The normalized spacial score (nSPS) is 14.2. The number of hydrogen-bond donors (Lipinski definition) is 0. The molecule has 1 aliphatic rings. The van der Waals surface area contributed by atoms with Gasteiger partial charge in [0.1, 0.15) is 0 Å². The molecule has 150 valence electrons. The van der Waals surface area contributed by atoms with Crippen molar-refractivity contribution in [1.82, 2.24) is 25.2 Å². The van der Waals surface area contributed by atoms with E-state index in [1.54, 1.807) is 11.0 Å². The molecule has 3 aromatic rings. The van der Waals surface area contributed by atoms with Crippen LogP contribution >= 0.6 is 23.1 Å². The molecule has 0 N–H and O–H groups in total. The van der Waals surface area contributed by atoms with Crippen molar-refractivity contribution in [2.75, 3.05) is 17.2 Å². The van der Waals surface area contributed by atoms with Crippen LogP contribution in [-0.4, -0.2) is 43.4 Å². The Bertz CT molecular complexity index is 964. The number of carbonyl (C=O) groups excluding carboxylic acids is 1. The van der Waals surface area contributed by atoms with Crippen LogP contribution in [0.3, 0.4) is 0 Å². The molecule has 29 heavy (non-hydrogen) atoms. The first-order valence-corrected chi connectivity index (χ1v) is 11.5. The third kappa shape index (κ3) is 4.56. The number of rotatable bonds is 8. The van der Waals surface area contributed by atoms with Gasteiger partial charge in [-0.15, -0.1) is 23.0 Å². The van der Waals surface area contributed by atoms with E-state index < -0.39 is 0 Å². The van der Waals surface area contributed by atoms with Crippen LogP contribution in [0.2, 0.25) is 0 Å². The fraction of sp³-hybridized carbons (Fsp3) is 0.350. The Labute approximate surface area is 177 Å². The van der Waals surface area contributed by atoms with Crippen molar-refractivity contribution >= 4 is 34.1 Å². The number of thiazole rings is 1. The van der Waals surface area contributed by atoms with E-state index in [1.807, 2.05) is 40.4 Å². The fourth-order valence-corrected chi connectivity index (χ4v) is 5.09. The number of thioether (sulfide) groups is 1. The van der Waals surface area contributed by atoms with E-state index in [-0.39, 0.29) is 11.7 Å². The summed E-state index contributed by atoms with van der Waals surface area (Å²) in [7, 11) is 0. The van der Waals surface area contributed by atoms with Gasteiger partial charge in [0.05, 0.1) is 17.5 Å². The summed E-state index contributed by atoms with van der Waals surface area (Å²) >= 11 is 2.84. The largest absolute Gasteiger partial charge is 0.284 e. The Kier molecular flexibility index (Phi) is 6.36. The molecule has 0 aliphatic heterocycles. The average Bonchev–Trinajstić information content (AvgIpc) is 3.52. The summed E-state index contributed by atoms with van der Waals surface area (Å²) in [6.45, 7) is 4.20. The smallest absolute Gasteiger partial charge is 0.239 e. The van der Waals surface area contributed by atoms with E-state index in [0.29, 0.717) is 22.9 Å². The summed E-state index contributed by atoms with van der Waals surface area (Å²) in [5, 5.41) is 15.4. The second-order valence-corrected chi connectivity index (χ2v) is 8.59. The molecule has 2 heterocycles. The van der Waals surface area contributed by atoms with Gasteiger partial charge in [0, 0.05) is 17.5 Å². The zero-order valence-electron chi connectivity index (χ0n) is 16.0. The van der Waals surface area contributed by atoms with E-state index in [9.17, 15) is 4.79 Å². The molecular formula is C20H22N6OS2. The highest BCUT2D eigenvalue weighted by molar-refractivity contribution is 7.99. The maximum absolute atomic E-state index is 13.0. The maximum atomic E-state index is 13.0. The predicted molar refractivity (Wildman–Crippen MR) is 116 cm³/mol. The molecule has 0 saturated heterocycles. The van der Waals surface area contributed by atoms with Crippen LogP contribution in [-0.2, 0) is 4.79 Å². The molecule has 1 fully saturated rings. The lowest BCUT2D eigenvalue weighted by atomic mass is 10.2. The van der Waals surface area contributed by atoms with Crippen molar-refractivity contribution < 1.29 is 4.79 Å². The third-order valence-corrected chi connectivity index (χ3v) is 6.64. The van der Waals surface area contributed by atoms with Crippen LogP contribution in [0.1, 0.15) is 31.7 Å². The van der Waals surface area contributed by atoms with Gasteiger partial charge in [-0.1, -0.05) is 61.0 Å². The molecule has 4 rings (SSSR count). The average molecular weight is 427 g/mol. The monoisotopic (exact) mass is 426 g/mol. The lowest BCUT2D eigenvalue weighted by Crippen LogP contribution is -2.32. The minimum Gasteiger partial charge on any atom is -0.284 e. The summed E-state index contributed by atoms with van der Waals surface area (Å²) in [4.78, 5) is 19.3. The zero-order valence-corrected chi connectivity index (χ0v) is 17.6. The number of tetrazole rings is 1. The molecule has 7 nitrogen and oxygen atoms in total. The topological polar surface area (TPSA) is 76.8 Å². The minimum atomic E-state index is -0.0372. The van der Waals surface area contributed by atoms with Gasteiger partial charge in [-0.2, -0.15) is 0 Å². The van der Waals surface area contributed by atoms with Gasteiger partial charge in [0.25, 0.3) is 0 Å². The van der Waals surface area contributed by atoms with Crippen LogP contribution in [0, 0.1) is 0 Å². The third-order valence-electron chi connectivity index (χ3n) is 4.86.